The predicted octanol–water partition coefficient (Wildman–Crippen LogP) is -0.242. The van der Waals surface area contributed by atoms with Crippen LogP contribution in [0.4, 0.5) is 0 Å². The summed E-state index contributed by atoms with van der Waals surface area (Å²) in [6.07, 6.45) is 6.34. The quantitative estimate of drug-likeness (QED) is 0.0635. The first-order valence-electron chi connectivity index (χ1n) is 22.1. The zero-order valence-electron chi connectivity index (χ0n) is 37.7. The standard InChI is InChI=1S/C21H40O6.C21H38O6.CH4O.B.Na.H/c2*1-3-5-7-9-14-11-16(23)15(10-13(14)8-6-4-2)21-20(26)19(25)18(24)17(12-22)27-21;1-2;;;/h13-26H,3-12H2,1-2H3;13-15,17-22,24-26H,3-12H2,1-2H3;2H,1H3;;;/q;;;;+1;-1. The van der Waals surface area contributed by atoms with E-state index >= 15 is 0 Å². The van der Waals surface area contributed by atoms with Gasteiger partial charge in [0.1, 0.15) is 54.6 Å². The van der Waals surface area contributed by atoms with Crippen molar-refractivity contribution in [1.82, 2.24) is 0 Å². The van der Waals surface area contributed by atoms with Crippen LogP contribution in [-0.2, 0) is 14.3 Å². The van der Waals surface area contributed by atoms with Crippen molar-refractivity contribution in [2.75, 3.05) is 20.3 Å². The number of ether oxygens (including phenoxy) is 2. The third-order valence-corrected chi connectivity index (χ3v) is 13.3. The molecule has 337 valence electrons. The average Bonchev–Trinajstić information content (AvgIpc) is 3.20. The molecule has 0 aromatic rings. The monoisotopic (exact) mass is 842 g/mol. The van der Waals surface area contributed by atoms with Crippen LogP contribution in [0.25, 0.3) is 0 Å². The molecule has 4 rings (SSSR count). The van der Waals surface area contributed by atoms with E-state index in [9.17, 15) is 50.8 Å². The molecular weight excluding hydrogens is 758 g/mol. The minimum Gasteiger partial charge on any atom is -1.00 e. The van der Waals surface area contributed by atoms with Gasteiger partial charge >= 0.3 is 29.6 Å². The molecule has 2 aliphatic heterocycles. The third-order valence-electron chi connectivity index (χ3n) is 13.3. The van der Waals surface area contributed by atoms with Crippen molar-refractivity contribution in [3.05, 3.63) is 0 Å². The fourth-order valence-electron chi connectivity index (χ4n) is 9.86. The van der Waals surface area contributed by atoms with E-state index in [1.165, 1.54) is 25.7 Å². The maximum absolute atomic E-state index is 12.9. The Bertz CT molecular complexity index is 1050. The van der Waals surface area contributed by atoms with Crippen molar-refractivity contribution >= 4 is 14.2 Å². The summed E-state index contributed by atoms with van der Waals surface area (Å²) in [5, 5.41) is 97.8. The van der Waals surface area contributed by atoms with Gasteiger partial charge in [-0.15, -0.1) is 0 Å². The van der Waals surface area contributed by atoms with Crippen LogP contribution in [0, 0.1) is 35.5 Å². The van der Waals surface area contributed by atoms with Gasteiger partial charge in [0.2, 0.25) is 0 Å². The van der Waals surface area contributed by atoms with Crippen LogP contribution < -0.4 is 29.6 Å². The Kier molecular flexibility index (Phi) is 31.3. The van der Waals surface area contributed by atoms with Gasteiger partial charge in [0.05, 0.1) is 31.5 Å². The summed E-state index contributed by atoms with van der Waals surface area (Å²) in [6, 6.07) is 0. The molecule has 2 saturated heterocycles. The fraction of sp³-hybridized carbons (Fsp3) is 0.977. The topological polar surface area (TPSA) is 238 Å². The predicted molar refractivity (Wildman–Crippen MR) is 220 cm³/mol. The zero-order valence-corrected chi connectivity index (χ0v) is 38.7. The number of hydrogen-bond acceptors (Lipinski definition) is 13. The Morgan fingerprint density at radius 2 is 0.931 bits per heavy atom. The molecular formula is C43H83BNaO13. The van der Waals surface area contributed by atoms with Gasteiger partial charge in [0.15, 0.2) is 0 Å². The van der Waals surface area contributed by atoms with E-state index in [0.717, 1.165) is 77.7 Å². The molecule has 0 aromatic carbocycles. The van der Waals surface area contributed by atoms with Crippen LogP contribution in [0.1, 0.15) is 145 Å². The number of rotatable bonds is 18. The molecule has 0 aromatic heterocycles. The first-order valence-corrected chi connectivity index (χ1v) is 22.1. The van der Waals surface area contributed by atoms with Crippen molar-refractivity contribution in [3.63, 3.8) is 0 Å². The summed E-state index contributed by atoms with van der Waals surface area (Å²) >= 11 is 0. The summed E-state index contributed by atoms with van der Waals surface area (Å²) in [5.74, 6) is 1.06. The minimum absolute atomic E-state index is 0. The van der Waals surface area contributed by atoms with Gasteiger partial charge < -0.3 is 62.0 Å². The molecule has 2 heterocycles. The van der Waals surface area contributed by atoms with Gasteiger partial charge in [-0.05, 0) is 49.4 Å². The zero-order chi connectivity index (χ0) is 41.9. The van der Waals surface area contributed by atoms with Crippen molar-refractivity contribution in [2.24, 2.45) is 35.5 Å². The van der Waals surface area contributed by atoms with Gasteiger partial charge in [-0.25, -0.2) is 0 Å². The number of unbranched alkanes of at least 4 members (excludes halogenated alkanes) is 6. The van der Waals surface area contributed by atoms with Gasteiger partial charge in [-0.2, -0.15) is 0 Å². The maximum Gasteiger partial charge on any atom is 1.00 e. The summed E-state index contributed by atoms with van der Waals surface area (Å²) in [4.78, 5) is 12.9. The molecule has 2 saturated carbocycles. The smallest absolute Gasteiger partial charge is 1.00 e. The number of Topliss-reactive ketones (excluding diaryl/α,β-unsaturated/α-hetero) is 1. The molecule has 10 N–H and O–H groups in total. The van der Waals surface area contributed by atoms with E-state index in [2.05, 4.69) is 27.7 Å². The molecule has 58 heavy (non-hydrogen) atoms. The van der Waals surface area contributed by atoms with Crippen LogP contribution in [0.2, 0.25) is 0 Å². The van der Waals surface area contributed by atoms with Gasteiger partial charge in [0, 0.05) is 33.8 Å². The van der Waals surface area contributed by atoms with E-state index in [0.29, 0.717) is 42.9 Å². The largest absolute Gasteiger partial charge is 1.00 e. The van der Waals surface area contributed by atoms with Crippen molar-refractivity contribution in [2.45, 2.75) is 210 Å². The normalized spacial score (nSPS) is 38.9. The van der Waals surface area contributed by atoms with Crippen LogP contribution in [-0.4, -0.2) is 153 Å². The van der Waals surface area contributed by atoms with Crippen molar-refractivity contribution < 1.29 is 96.3 Å². The first kappa shape index (κ1) is 58.3. The number of aliphatic hydroxyl groups excluding tert-OH is 10. The van der Waals surface area contributed by atoms with Crippen LogP contribution in [0.3, 0.4) is 0 Å². The van der Waals surface area contributed by atoms with Gasteiger partial charge in [-0.3, -0.25) is 4.79 Å². The number of ketones is 1. The molecule has 4 fully saturated rings. The number of carbonyl (C=O) groups is 1. The Morgan fingerprint density at radius 3 is 1.40 bits per heavy atom. The molecule has 0 bridgehead atoms. The second-order valence-electron chi connectivity index (χ2n) is 17.1. The molecule has 15 heteroatoms. The Hall–Kier alpha value is 0.255. The summed E-state index contributed by atoms with van der Waals surface area (Å²) in [7, 11) is 1.00. The molecule has 2 aliphatic carbocycles. The van der Waals surface area contributed by atoms with E-state index in [-0.39, 0.29) is 51.1 Å². The maximum atomic E-state index is 12.9. The number of hydrogen-bond donors (Lipinski definition) is 10. The Balaban J connectivity index is 0. The van der Waals surface area contributed by atoms with Crippen molar-refractivity contribution in [3.8, 4) is 0 Å². The van der Waals surface area contributed by atoms with Crippen LogP contribution in [0.15, 0.2) is 0 Å². The fourth-order valence-corrected chi connectivity index (χ4v) is 9.86. The Labute approximate surface area is 375 Å². The molecule has 0 amide bonds. The molecule has 0 spiro atoms. The van der Waals surface area contributed by atoms with Crippen LogP contribution in [0.5, 0.6) is 0 Å². The van der Waals surface area contributed by atoms with Crippen LogP contribution >= 0.6 is 0 Å². The van der Waals surface area contributed by atoms with Crippen molar-refractivity contribution in [1.29, 1.82) is 0 Å². The number of carbonyl (C=O) groups excluding carboxylic acids is 1. The number of aliphatic hydroxyl groups is 10. The molecule has 17 atom stereocenters. The molecule has 13 nitrogen and oxygen atoms in total. The SMILES string of the molecule is CCCCCC1CC(=O)C(C2OC(CO)C(O)C(O)C2O)CC1CCCC.CCCCCC1CC(O)C(C2OC(CO)C(O)C(O)C2O)CC1CCCC.CO.[B].[H-].[Na+]. The van der Waals surface area contributed by atoms with Gasteiger partial charge in [0.25, 0.3) is 0 Å². The third kappa shape index (κ3) is 16.4. The van der Waals surface area contributed by atoms with E-state index in [1.54, 1.807) is 0 Å². The average molecular weight is 842 g/mol. The summed E-state index contributed by atoms with van der Waals surface area (Å²) in [6.45, 7) is 7.83. The second-order valence-corrected chi connectivity index (χ2v) is 17.1. The first-order chi connectivity index (χ1) is 26.9. The van der Waals surface area contributed by atoms with E-state index in [1.807, 2.05) is 0 Å². The van der Waals surface area contributed by atoms with Gasteiger partial charge in [-0.1, -0.05) is 111 Å². The van der Waals surface area contributed by atoms with E-state index < -0.39 is 86.3 Å². The molecule has 4 aliphatic rings. The molecule has 3 radical (unpaired) electrons. The molecule has 17 unspecified atom stereocenters. The summed E-state index contributed by atoms with van der Waals surface area (Å²) in [5.41, 5.74) is 0. The Morgan fingerprint density at radius 1 is 0.534 bits per heavy atom. The minimum atomic E-state index is -1.41. The van der Waals surface area contributed by atoms with E-state index in [4.69, 9.17) is 14.6 Å². The second kappa shape index (κ2) is 31.2. The summed E-state index contributed by atoms with van der Waals surface area (Å²) < 4.78 is 11.5.